The smallest absolute Gasteiger partial charge is 0.323 e. The Labute approximate surface area is 128 Å². The average molecular weight is 317 g/mol. The molecule has 0 bridgehead atoms. The first-order valence-corrected chi connectivity index (χ1v) is 7.90. The molecule has 0 atom stereocenters. The summed E-state index contributed by atoms with van der Waals surface area (Å²) in [4.78, 5) is 25.5. The summed E-state index contributed by atoms with van der Waals surface area (Å²) in [6.45, 7) is -0.353. The van der Waals surface area contributed by atoms with Crippen molar-refractivity contribution in [1.82, 2.24) is 0 Å². The first kappa shape index (κ1) is 13.8. The van der Waals surface area contributed by atoms with Gasteiger partial charge in [0.25, 0.3) is 5.91 Å². The third kappa shape index (κ3) is 2.81. The Kier molecular flexibility index (Phi) is 3.72. The Bertz CT molecular complexity index is 763. The van der Waals surface area contributed by atoms with E-state index in [2.05, 4.69) is 0 Å². The zero-order valence-corrected chi connectivity index (χ0v) is 12.5. The van der Waals surface area contributed by atoms with Gasteiger partial charge in [0.2, 0.25) is 0 Å². The third-order valence-corrected chi connectivity index (χ3v) is 5.04. The number of aliphatic carboxylic acids is 1. The van der Waals surface area contributed by atoms with Crippen LogP contribution in [-0.2, 0) is 4.79 Å². The van der Waals surface area contributed by atoms with Crippen LogP contribution >= 0.6 is 22.7 Å². The van der Waals surface area contributed by atoms with E-state index in [1.807, 2.05) is 23.6 Å². The number of hydrogen-bond acceptors (Lipinski definition) is 4. The number of nitrogens with zero attached hydrogens (tertiary/aromatic N) is 1. The summed E-state index contributed by atoms with van der Waals surface area (Å²) in [5.41, 5.74) is 0.585. The Morgan fingerprint density at radius 1 is 1.10 bits per heavy atom. The summed E-state index contributed by atoms with van der Waals surface area (Å²) in [5.74, 6) is -1.32. The highest BCUT2D eigenvalue weighted by molar-refractivity contribution is 7.27. The van der Waals surface area contributed by atoms with Crippen molar-refractivity contribution in [2.24, 2.45) is 0 Å². The van der Waals surface area contributed by atoms with Crippen molar-refractivity contribution in [2.75, 3.05) is 11.4 Å². The Hall–Kier alpha value is -2.18. The second-order valence-corrected chi connectivity index (χ2v) is 6.41. The number of hydrogen-bond donors (Lipinski definition) is 1. The number of carbonyl (C=O) groups is 2. The van der Waals surface area contributed by atoms with Crippen LogP contribution < -0.4 is 4.90 Å². The standard InChI is InChI=1S/C15H11NO3S2/c17-14(18)9-16(10-4-2-1-3-5-10)15(19)13-8-12-11(21-13)6-7-20-12/h1-8H,9H2,(H,17,18). The maximum atomic E-state index is 12.6. The minimum Gasteiger partial charge on any atom is -0.480 e. The van der Waals surface area contributed by atoms with Crippen LogP contribution in [0.2, 0.25) is 0 Å². The molecule has 3 rings (SSSR count). The van der Waals surface area contributed by atoms with Crippen LogP contribution in [0.5, 0.6) is 0 Å². The lowest BCUT2D eigenvalue weighted by Crippen LogP contribution is -2.35. The Morgan fingerprint density at radius 2 is 1.86 bits per heavy atom. The molecular formula is C15H11NO3S2. The van der Waals surface area contributed by atoms with Crippen LogP contribution in [-0.4, -0.2) is 23.5 Å². The SMILES string of the molecule is O=C(O)CN(C(=O)c1cc2sccc2s1)c1ccccc1. The first-order valence-electron chi connectivity index (χ1n) is 6.21. The van der Waals surface area contributed by atoms with Gasteiger partial charge in [0.05, 0.1) is 4.88 Å². The van der Waals surface area contributed by atoms with E-state index in [9.17, 15) is 9.59 Å². The first-order chi connectivity index (χ1) is 10.1. The van der Waals surface area contributed by atoms with Gasteiger partial charge in [0.1, 0.15) is 6.54 Å². The van der Waals surface area contributed by atoms with Crippen LogP contribution in [0.3, 0.4) is 0 Å². The van der Waals surface area contributed by atoms with E-state index < -0.39 is 5.97 Å². The molecule has 0 spiro atoms. The van der Waals surface area contributed by atoms with Crippen molar-refractivity contribution >= 4 is 49.6 Å². The van der Waals surface area contributed by atoms with Crippen molar-refractivity contribution in [3.8, 4) is 0 Å². The molecule has 3 aromatic rings. The zero-order chi connectivity index (χ0) is 14.8. The van der Waals surface area contributed by atoms with Gasteiger partial charge in [-0.3, -0.25) is 14.5 Å². The van der Waals surface area contributed by atoms with Gasteiger partial charge in [-0.1, -0.05) is 18.2 Å². The normalized spacial score (nSPS) is 10.7. The lowest BCUT2D eigenvalue weighted by atomic mass is 10.2. The third-order valence-electron chi connectivity index (χ3n) is 2.96. The van der Waals surface area contributed by atoms with Gasteiger partial charge in [0.15, 0.2) is 0 Å². The number of carboxylic acid groups (broad SMARTS) is 1. The summed E-state index contributed by atoms with van der Waals surface area (Å²) in [7, 11) is 0. The minimum absolute atomic E-state index is 0.281. The summed E-state index contributed by atoms with van der Waals surface area (Å²) in [6, 6.07) is 12.6. The van der Waals surface area contributed by atoms with E-state index in [1.54, 1.807) is 35.6 Å². The van der Waals surface area contributed by atoms with Crippen molar-refractivity contribution < 1.29 is 14.7 Å². The summed E-state index contributed by atoms with van der Waals surface area (Å²) in [5, 5.41) is 11.0. The van der Waals surface area contributed by atoms with Gasteiger partial charge in [-0.05, 0) is 29.6 Å². The molecule has 1 N–H and O–H groups in total. The fraction of sp³-hybridized carbons (Fsp3) is 0.0667. The highest BCUT2D eigenvalue weighted by Crippen LogP contribution is 2.31. The van der Waals surface area contributed by atoms with Gasteiger partial charge >= 0.3 is 5.97 Å². The molecule has 0 aliphatic carbocycles. The molecule has 1 aromatic carbocycles. The maximum Gasteiger partial charge on any atom is 0.323 e. The number of carboxylic acids is 1. The number of para-hydroxylation sites is 1. The number of amides is 1. The molecule has 0 fully saturated rings. The summed E-state index contributed by atoms with van der Waals surface area (Å²) >= 11 is 2.96. The predicted octanol–water partition coefficient (Wildman–Crippen LogP) is 3.69. The number of carbonyl (C=O) groups excluding carboxylic acids is 1. The van der Waals surface area contributed by atoms with E-state index in [1.165, 1.54) is 16.2 Å². The van der Waals surface area contributed by atoms with Crippen molar-refractivity contribution in [3.05, 3.63) is 52.7 Å². The minimum atomic E-state index is -1.04. The van der Waals surface area contributed by atoms with E-state index in [-0.39, 0.29) is 12.5 Å². The van der Waals surface area contributed by atoms with Crippen LogP contribution in [0.1, 0.15) is 9.67 Å². The number of thiophene rings is 2. The van der Waals surface area contributed by atoms with Gasteiger partial charge in [-0.25, -0.2) is 0 Å². The van der Waals surface area contributed by atoms with Crippen LogP contribution in [0.25, 0.3) is 9.40 Å². The molecule has 0 aliphatic heterocycles. The quantitative estimate of drug-likeness (QED) is 0.798. The number of benzene rings is 1. The molecule has 106 valence electrons. The molecule has 0 radical (unpaired) electrons. The second-order valence-electron chi connectivity index (χ2n) is 4.38. The molecule has 0 saturated carbocycles. The molecule has 21 heavy (non-hydrogen) atoms. The molecule has 6 heteroatoms. The van der Waals surface area contributed by atoms with Gasteiger partial charge < -0.3 is 5.11 Å². The van der Waals surface area contributed by atoms with Crippen molar-refractivity contribution in [3.63, 3.8) is 0 Å². The molecule has 0 aliphatic rings. The molecule has 0 unspecified atom stereocenters. The number of fused-ring (bicyclic) bond motifs is 1. The van der Waals surface area contributed by atoms with Crippen LogP contribution in [0.4, 0.5) is 5.69 Å². The monoisotopic (exact) mass is 317 g/mol. The molecule has 1 amide bonds. The highest BCUT2D eigenvalue weighted by atomic mass is 32.1. The molecule has 0 saturated heterocycles. The van der Waals surface area contributed by atoms with Gasteiger partial charge in [-0.2, -0.15) is 0 Å². The Balaban J connectivity index is 1.97. The van der Waals surface area contributed by atoms with E-state index in [0.29, 0.717) is 10.6 Å². The second kappa shape index (κ2) is 5.67. The zero-order valence-electron chi connectivity index (χ0n) is 10.9. The number of anilines is 1. The fourth-order valence-corrected chi connectivity index (χ4v) is 4.09. The largest absolute Gasteiger partial charge is 0.480 e. The lowest BCUT2D eigenvalue weighted by molar-refractivity contribution is -0.135. The Morgan fingerprint density at radius 3 is 2.52 bits per heavy atom. The van der Waals surface area contributed by atoms with Gasteiger partial charge in [0, 0.05) is 15.1 Å². The molecule has 4 nitrogen and oxygen atoms in total. The highest BCUT2D eigenvalue weighted by Gasteiger charge is 2.22. The summed E-state index contributed by atoms with van der Waals surface area (Å²) < 4.78 is 2.10. The lowest BCUT2D eigenvalue weighted by Gasteiger charge is -2.19. The van der Waals surface area contributed by atoms with Crippen LogP contribution in [0.15, 0.2) is 47.8 Å². The van der Waals surface area contributed by atoms with E-state index >= 15 is 0 Å². The van der Waals surface area contributed by atoms with E-state index in [4.69, 9.17) is 5.11 Å². The van der Waals surface area contributed by atoms with E-state index in [0.717, 1.165) is 9.40 Å². The number of rotatable bonds is 4. The summed E-state index contributed by atoms with van der Waals surface area (Å²) in [6.07, 6.45) is 0. The van der Waals surface area contributed by atoms with Gasteiger partial charge in [-0.15, -0.1) is 22.7 Å². The molecular weight excluding hydrogens is 306 g/mol. The molecule has 2 aromatic heterocycles. The topological polar surface area (TPSA) is 57.6 Å². The van der Waals surface area contributed by atoms with Crippen molar-refractivity contribution in [2.45, 2.75) is 0 Å². The average Bonchev–Trinajstić information content (AvgIpc) is 3.06. The molecule has 2 heterocycles. The van der Waals surface area contributed by atoms with Crippen LogP contribution in [0, 0.1) is 0 Å². The van der Waals surface area contributed by atoms with Crippen molar-refractivity contribution in [1.29, 1.82) is 0 Å². The maximum absolute atomic E-state index is 12.6. The fourth-order valence-electron chi connectivity index (χ4n) is 2.03. The predicted molar refractivity (Wildman–Crippen MR) is 85.5 cm³/mol.